The van der Waals surface area contributed by atoms with E-state index in [1.165, 1.54) is 18.3 Å². The molecule has 1 aliphatic carbocycles. The first kappa shape index (κ1) is 27.2. The molecule has 1 aliphatic heterocycles. The Kier molecular flexibility index (Phi) is 7.44. The fourth-order valence-electron chi connectivity index (χ4n) is 5.17. The second-order valence-electron chi connectivity index (χ2n) is 10.3. The number of carbonyl (C=O) groups is 2. The van der Waals surface area contributed by atoms with Crippen molar-refractivity contribution in [3.05, 3.63) is 98.2 Å². The molecule has 1 saturated carbocycles. The van der Waals surface area contributed by atoms with Crippen molar-refractivity contribution >= 4 is 35.0 Å². The molecule has 10 heteroatoms. The van der Waals surface area contributed by atoms with Gasteiger partial charge in [0.2, 0.25) is 5.43 Å². The Balaban J connectivity index is 1.59. The van der Waals surface area contributed by atoms with Crippen LogP contribution < -0.4 is 15.5 Å². The first-order valence-corrected chi connectivity index (χ1v) is 13.6. The number of hydrogen-bond donors (Lipinski definition) is 1. The highest BCUT2D eigenvalue weighted by Gasteiger charge is 2.60. The average Bonchev–Trinajstić information content (AvgIpc) is 3.64. The molecule has 3 aromatic rings. The van der Waals surface area contributed by atoms with Crippen LogP contribution >= 0.6 is 23.2 Å². The molecule has 2 atom stereocenters. The third-order valence-corrected chi connectivity index (χ3v) is 8.17. The molecule has 2 aliphatic rings. The summed E-state index contributed by atoms with van der Waals surface area (Å²) in [5, 5.41) is 2.55. The highest BCUT2D eigenvalue weighted by molar-refractivity contribution is 6.30. The number of aromatic nitrogens is 1. The number of benzene rings is 2. The number of fused-ring (bicyclic) bond motifs is 2. The van der Waals surface area contributed by atoms with E-state index in [4.69, 9.17) is 27.9 Å². The zero-order valence-corrected chi connectivity index (χ0v) is 23.1. The molecule has 5 rings (SSSR count). The number of halogens is 3. The van der Waals surface area contributed by atoms with E-state index in [2.05, 4.69) is 5.32 Å². The first-order chi connectivity index (χ1) is 18.7. The summed E-state index contributed by atoms with van der Waals surface area (Å²) in [7, 11) is 0. The molecule has 2 heterocycles. The van der Waals surface area contributed by atoms with E-state index in [9.17, 15) is 18.8 Å². The van der Waals surface area contributed by atoms with Crippen LogP contribution in [0.15, 0.2) is 59.5 Å². The number of carbonyl (C=O) groups excluding carboxylic acids is 2. The molecule has 1 aromatic heterocycles. The van der Waals surface area contributed by atoms with Crippen LogP contribution in [0.2, 0.25) is 5.02 Å². The molecule has 1 N–H and O–H groups in total. The van der Waals surface area contributed by atoms with Gasteiger partial charge in [0.15, 0.2) is 11.4 Å². The molecule has 0 saturated heterocycles. The van der Waals surface area contributed by atoms with Gasteiger partial charge >= 0.3 is 0 Å². The van der Waals surface area contributed by atoms with E-state index in [0.717, 1.165) is 5.56 Å². The van der Waals surface area contributed by atoms with Gasteiger partial charge < -0.3 is 19.5 Å². The van der Waals surface area contributed by atoms with E-state index in [0.29, 0.717) is 18.8 Å². The maximum Gasteiger partial charge on any atom is 0.274 e. The predicted octanol–water partition coefficient (Wildman–Crippen LogP) is 4.97. The third-order valence-electron chi connectivity index (χ3n) is 7.50. The Bertz CT molecular complexity index is 1490. The lowest BCUT2D eigenvalue weighted by atomic mass is 10.0. The Morgan fingerprint density at radius 2 is 1.92 bits per heavy atom. The molecule has 1 spiro atoms. The highest BCUT2D eigenvalue weighted by Crippen LogP contribution is 2.54. The van der Waals surface area contributed by atoms with Crippen LogP contribution in [0, 0.1) is 11.7 Å². The monoisotopic (exact) mass is 571 g/mol. The summed E-state index contributed by atoms with van der Waals surface area (Å²) in [5.74, 6) is -1.47. The predicted molar refractivity (Wildman–Crippen MR) is 147 cm³/mol. The van der Waals surface area contributed by atoms with Crippen molar-refractivity contribution in [2.24, 2.45) is 5.92 Å². The van der Waals surface area contributed by atoms with Crippen molar-refractivity contribution in [1.82, 2.24) is 14.8 Å². The fraction of sp³-hybridized carbons (Fsp3) is 0.345. The summed E-state index contributed by atoms with van der Waals surface area (Å²) >= 11 is 12.1. The molecule has 7 nitrogen and oxygen atoms in total. The first-order valence-electron chi connectivity index (χ1n) is 12.7. The summed E-state index contributed by atoms with van der Waals surface area (Å²) in [5.41, 5.74) is -0.375. The van der Waals surface area contributed by atoms with Gasteiger partial charge in [0, 0.05) is 42.7 Å². The van der Waals surface area contributed by atoms with E-state index < -0.39 is 22.7 Å². The average molecular weight is 572 g/mol. The molecular formula is C29H28Cl2FN3O4. The lowest BCUT2D eigenvalue weighted by Gasteiger charge is -2.40. The number of nitrogens with one attached hydrogen (secondary N) is 1. The Morgan fingerprint density at radius 1 is 1.18 bits per heavy atom. The van der Waals surface area contributed by atoms with Gasteiger partial charge in [-0.1, -0.05) is 54.1 Å². The normalized spacial score (nSPS) is 19.8. The van der Waals surface area contributed by atoms with Crippen LogP contribution in [0.4, 0.5) is 4.39 Å². The molecule has 2 amide bonds. The second-order valence-corrected chi connectivity index (χ2v) is 11.0. The quantitative estimate of drug-likeness (QED) is 0.387. The van der Waals surface area contributed by atoms with Crippen molar-refractivity contribution in [2.75, 3.05) is 12.4 Å². The lowest BCUT2D eigenvalue weighted by molar-refractivity contribution is 0.0562. The lowest BCUT2D eigenvalue weighted by Crippen LogP contribution is -2.52. The van der Waals surface area contributed by atoms with E-state index in [1.54, 1.807) is 15.5 Å². The molecule has 204 valence electrons. The van der Waals surface area contributed by atoms with Gasteiger partial charge in [0.25, 0.3) is 11.8 Å². The van der Waals surface area contributed by atoms with Gasteiger partial charge in [-0.05, 0) is 31.9 Å². The van der Waals surface area contributed by atoms with Gasteiger partial charge in [-0.2, -0.15) is 0 Å². The van der Waals surface area contributed by atoms with Gasteiger partial charge in [-0.25, -0.2) is 4.39 Å². The number of amides is 2. The topological polar surface area (TPSA) is 80.6 Å². The van der Waals surface area contributed by atoms with Gasteiger partial charge in [-0.3, -0.25) is 14.4 Å². The van der Waals surface area contributed by atoms with Crippen molar-refractivity contribution in [1.29, 1.82) is 0 Å². The zero-order valence-electron chi connectivity index (χ0n) is 21.5. The minimum absolute atomic E-state index is 0.0305. The Morgan fingerprint density at radius 3 is 2.59 bits per heavy atom. The number of ether oxygens (including phenoxy) is 1. The second kappa shape index (κ2) is 10.7. The van der Waals surface area contributed by atoms with Crippen LogP contribution in [0.1, 0.15) is 52.2 Å². The van der Waals surface area contributed by atoms with Gasteiger partial charge in [0.1, 0.15) is 18.0 Å². The zero-order chi connectivity index (χ0) is 27.9. The maximum absolute atomic E-state index is 14.4. The number of pyridine rings is 1. The van der Waals surface area contributed by atoms with Crippen LogP contribution in [0.25, 0.3) is 0 Å². The summed E-state index contributed by atoms with van der Waals surface area (Å²) < 4.78 is 22.1. The number of nitrogens with zero attached hydrogens (tertiary/aromatic N) is 2. The molecule has 39 heavy (non-hydrogen) atoms. The van der Waals surface area contributed by atoms with Crippen molar-refractivity contribution in [3.63, 3.8) is 0 Å². The Labute approximate surface area is 235 Å². The number of hydrogen-bond acceptors (Lipinski definition) is 4. The maximum atomic E-state index is 14.4. The summed E-state index contributed by atoms with van der Waals surface area (Å²) in [6.07, 6.45) is 2.12. The van der Waals surface area contributed by atoms with Crippen molar-refractivity contribution in [3.8, 4) is 5.75 Å². The standard InChI is InChI=1S/C29H28Cl2FN3O4/c1-17(2)34-16-29(11-20(29)12-30)35-14-21(27(37)33-13-19-9-6-10-22(31)23(19)32)25(36)26(24(35)28(34)38)39-15-18-7-4-3-5-8-18/h3-10,14,17,20H,11-13,15-16H2,1-2H3,(H,33,37)/t20-,29-/m0/s1. The summed E-state index contributed by atoms with van der Waals surface area (Å²) in [6, 6.07) is 13.6. The minimum Gasteiger partial charge on any atom is -0.483 e. The third kappa shape index (κ3) is 4.92. The fourth-order valence-corrected chi connectivity index (χ4v) is 5.77. The van der Waals surface area contributed by atoms with Crippen LogP contribution in [-0.2, 0) is 18.7 Å². The van der Waals surface area contributed by atoms with Crippen molar-refractivity contribution < 1.29 is 18.7 Å². The van der Waals surface area contributed by atoms with Crippen LogP contribution in [0.3, 0.4) is 0 Å². The number of rotatable bonds is 8. The molecule has 0 bridgehead atoms. The molecule has 0 radical (unpaired) electrons. The molecule has 2 aromatic carbocycles. The Hall–Kier alpha value is -3.36. The molecular weight excluding hydrogens is 544 g/mol. The number of alkyl halides is 1. The summed E-state index contributed by atoms with van der Waals surface area (Å²) in [4.78, 5) is 42.5. The van der Waals surface area contributed by atoms with E-state index in [1.807, 2.05) is 44.2 Å². The van der Waals surface area contributed by atoms with Crippen LogP contribution in [0.5, 0.6) is 5.75 Å². The molecule has 1 fully saturated rings. The highest BCUT2D eigenvalue weighted by atomic mass is 35.5. The molecule has 0 unspecified atom stereocenters. The minimum atomic E-state index is -0.712. The SMILES string of the molecule is CC(C)N1C[C@]2(C[C@H]2CCl)n2cc(C(=O)NCc3cccc(Cl)c3F)c(=O)c(OCc3ccccc3)c2C1=O. The largest absolute Gasteiger partial charge is 0.483 e. The van der Waals surface area contributed by atoms with Gasteiger partial charge in [0.05, 0.1) is 10.6 Å². The van der Waals surface area contributed by atoms with Gasteiger partial charge in [-0.15, -0.1) is 11.6 Å². The summed E-state index contributed by atoms with van der Waals surface area (Å²) in [6.45, 7) is 4.09. The van der Waals surface area contributed by atoms with Crippen molar-refractivity contribution in [2.45, 2.75) is 45.0 Å². The smallest absolute Gasteiger partial charge is 0.274 e. The van der Waals surface area contributed by atoms with Crippen LogP contribution in [-0.4, -0.2) is 39.7 Å². The van der Waals surface area contributed by atoms with E-state index >= 15 is 0 Å². The van der Waals surface area contributed by atoms with E-state index in [-0.39, 0.29) is 58.6 Å².